The van der Waals surface area contributed by atoms with Gasteiger partial charge in [-0.1, -0.05) is 24.3 Å². The summed E-state index contributed by atoms with van der Waals surface area (Å²) in [4.78, 5) is 37.9. The highest BCUT2D eigenvalue weighted by Crippen LogP contribution is 2.35. The Morgan fingerprint density at radius 1 is 1.10 bits per heavy atom. The van der Waals surface area contributed by atoms with E-state index in [9.17, 15) is 14.4 Å². The molecule has 1 atom stereocenters. The number of likely N-dealkylation sites (tertiary alicyclic amines) is 1. The fourth-order valence-electron chi connectivity index (χ4n) is 4.56. The Kier molecular flexibility index (Phi) is 5.92. The van der Waals surface area contributed by atoms with Crippen LogP contribution >= 0.6 is 0 Å². The smallest absolute Gasteiger partial charge is 0.270 e. The maximum Gasteiger partial charge on any atom is 0.270 e. The van der Waals surface area contributed by atoms with Crippen LogP contribution in [0.5, 0.6) is 0 Å². The molecule has 2 heterocycles. The van der Waals surface area contributed by atoms with Crippen molar-refractivity contribution < 1.29 is 14.4 Å². The summed E-state index contributed by atoms with van der Waals surface area (Å²) in [5, 5.41) is 7.01. The van der Waals surface area contributed by atoms with E-state index < -0.39 is 0 Å². The topological polar surface area (TPSA) is 90.9 Å². The van der Waals surface area contributed by atoms with E-state index in [-0.39, 0.29) is 17.7 Å². The molecule has 1 unspecified atom stereocenters. The number of hydrogen-bond donors (Lipinski definition) is 2. The Morgan fingerprint density at radius 2 is 1.90 bits per heavy atom. The first-order valence-electron chi connectivity index (χ1n) is 10.6. The lowest BCUT2D eigenvalue weighted by Gasteiger charge is -2.32. The van der Waals surface area contributed by atoms with Crippen LogP contribution in [0.1, 0.15) is 55.6 Å². The summed E-state index contributed by atoms with van der Waals surface area (Å²) in [5.74, 6) is 0.635. The highest BCUT2D eigenvalue weighted by molar-refractivity contribution is 6.39. The third-order valence-electron chi connectivity index (χ3n) is 6.33. The standard InChI is InChI=1S/C22H28N4O3/c27-20-8-7-19(24-25-20)22(29)26-11-9-15(10-12-26)14-23-21(28)13-17-6-5-16-3-1-2-4-18(16)17/h1-4,15,17H,5-14H2,(H,23,28)(H,25,27). The lowest BCUT2D eigenvalue weighted by molar-refractivity contribution is -0.126. The predicted molar refractivity (Wildman–Crippen MR) is 109 cm³/mol. The average Bonchev–Trinajstić information content (AvgIpc) is 3.15. The molecule has 7 nitrogen and oxygen atoms in total. The molecule has 3 amide bonds. The highest BCUT2D eigenvalue weighted by atomic mass is 16.2. The minimum Gasteiger partial charge on any atom is -0.356 e. The first kappa shape index (κ1) is 19.6. The molecule has 1 aromatic rings. The van der Waals surface area contributed by atoms with Crippen molar-refractivity contribution in [2.45, 2.75) is 50.9 Å². The molecule has 3 aliphatic rings. The number of amides is 3. The zero-order valence-corrected chi connectivity index (χ0v) is 16.7. The van der Waals surface area contributed by atoms with Crippen molar-refractivity contribution in [3.8, 4) is 0 Å². The van der Waals surface area contributed by atoms with Gasteiger partial charge in [0.2, 0.25) is 11.8 Å². The van der Waals surface area contributed by atoms with Crippen molar-refractivity contribution in [3.63, 3.8) is 0 Å². The average molecular weight is 396 g/mol. The number of nitrogens with zero attached hydrogens (tertiary/aromatic N) is 2. The lowest BCUT2D eigenvalue weighted by Crippen LogP contribution is -2.45. The van der Waals surface area contributed by atoms with Gasteiger partial charge in [-0.2, -0.15) is 5.10 Å². The Morgan fingerprint density at radius 3 is 2.66 bits per heavy atom. The van der Waals surface area contributed by atoms with E-state index in [1.165, 1.54) is 11.1 Å². The summed E-state index contributed by atoms with van der Waals surface area (Å²) in [7, 11) is 0. The summed E-state index contributed by atoms with van der Waals surface area (Å²) < 4.78 is 0. The van der Waals surface area contributed by atoms with Crippen LogP contribution in [-0.4, -0.2) is 48.0 Å². The highest BCUT2D eigenvalue weighted by Gasteiger charge is 2.28. The van der Waals surface area contributed by atoms with Crippen LogP contribution in [0, 0.1) is 5.92 Å². The van der Waals surface area contributed by atoms with Gasteiger partial charge in [0.05, 0.1) is 0 Å². The molecule has 1 saturated heterocycles. The largest absolute Gasteiger partial charge is 0.356 e. The number of carbonyl (C=O) groups excluding carboxylic acids is 3. The van der Waals surface area contributed by atoms with Gasteiger partial charge in [0, 0.05) is 38.9 Å². The van der Waals surface area contributed by atoms with Crippen molar-refractivity contribution in [2.75, 3.05) is 19.6 Å². The quantitative estimate of drug-likeness (QED) is 0.794. The minimum atomic E-state index is -0.142. The SMILES string of the molecule is O=C(CC1CCc2ccccc21)NCC1CCN(C(=O)C2=NNC(=O)CC2)CC1. The van der Waals surface area contributed by atoms with Gasteiger partial charge < -0.3 is 10.2 Å². The number of piperidine rings is 1. The Balaban J connectivity index is 1.19. The molecule has 0 bridgehead atoms. The Labute approximate surface area is 170 Å². The Hall–Kier alpha value is -2.70. The number of hydrogen-bond acceptors (Lipinski definition) is 4. The van der Waals surface area contributed by atoms with Crippen LogP contribution < -0.4 is 10.7 Å². The van der Waals surface area contributed by atoms with Crippen molar-refractivity contribution in [1.82, 2.24) is 15.6 Å². The molecule has 2 aliphatic heterocycles. The van der Waals surface area contributed by atoms with Crippen molar-refractivity contribution in [2.24, 2.45) is 11.0 Å². The number of aryl methyl sites for hydroxylation is 1. The van der Waals surface area contributed by atoms with Gasteiger partial charge >= 0.3 is 0 Å². The fraction of sp³-hybridized carbons (Fsp3) is 0.545. The molecule has 1 aromatic carbocycles. The van der Waals surface area contributed by atoms with E-state index in [4.69, 9.17) is 0 Å². The van der Waals surface area contributed by atoms with Crippen LogP contribution in [0.4, 0.5) is 0 Å². The first-order valence-corrected chi connectivity index (χ1v) is 10.6. The van der Waals surface area contributed by atoms with E-state index in [2.05, 4.69) is 40.1 Å². The molecule has 1 aliphatic carbocycles. The number of rotatable bonds is 5. The molecule has 29 heavy (non-hydrogen) atoms. The molecule has 154 valence electrons. The van der Waals surface area contributed by atoms with Gasteiger partial charge in [0.15, 0.2) is 0 Å². The molecule has 0 radical (unpaired) electrons. The summed E-state index contributed by atoms with van der Waals surface area (Å²) in [5.41, 5.74) is 5.53. The van der Waals surface area contributed by atoms with E-state index >= 15 is 0 Å². The molecule has 0 spiro atoms. The molecule has 1 fully saturated rings. The second kappa shape index (κ2) is 8.76. The monoisotopic (exact) mass is 396 g/mol. The second-order valence-electron chi connectivity index (χ2n) is 8.27. The van der Waals surface area contributed by atoms with Gasteiger partial charge in [-0.3, -0.25) is 14.4 Å². The van der Waals surface area contributed by atoms with Gasteiger partial charge in [0.1, 0.15) is 5.71 Å². The molecule has 4 rings (SSSR count). The number of hydrazone groups is 1. The van der Waals surface area contributed by atoms with Crippen LogP contribution in [0.3, 0.4) is 0 Å². The molecule has 0 saturated carbocycles. The minimum absolute atomic E-state index is 0.0765. The van der Waals surface area contributed by atoms with Crippen LogP contribution in [0.15, 0.2) is 29.4 Å². The predicted octanol–water partition coefficient (Wildman–Crippen LogP) is 1.73. The normalized spacial score (nSPS) is 21.9. The molecule has 0 aromatic heterocycles. The number of carbonyl (C=O) groups is 3. The molecule has 2 N–H and O–H groups in total. The third kappa shape index (κ3) is 4.66. The van der Waals surface area contributed by atoms with Crippen LogP contribution in [-0.2, 0) is 20.8 Å². The number of nitrogens with one attached hydrogen (secondary N) is 2. The van der Waals surface area contributed by atoms with Crippen molar-refractivity contribution in [1.29, 1.82) is 0 Å². The maximum atomic E-state index is 12.5. The zero-order valence-electron chi connectivity index (χ0n) is 16.7. The summed E-state index contributed by atoms with van der Waals surface area (Å²) in [6.07, 6.45) is 5.15. The first-order chi connectivity index (χ1) is 14.1. The molecular formula is C22H28N4O3. The lowest BCUT2D eigenvalue weighted by atomic mass is 9.95. The van der Waals surface area contributed by atoms with Crippen molar-refractivity contribution >= 4 is 23.4 Å². The Bertz CT molecular complexity index is 827. The molecule has 7 heteroatoms. The summed E-state index contributed by atoms with van der Waals surface area (Å²) >= 11 is 0. The van der Waals surface area contributed by atoms with E-state index in [1.807, 2.05) is 4.90 Å². The summed E-state index contributed by atoms with van der Waals surface area (Å²) in [6, 6.07) is 8.43. The second-order valence-corrected chi connectivity index (χ2v) is 8.27. The van der Waals surface area contributed by atoms with Crippen molar-refractivity contribution in [3.05, 3.63) is 35.4 Å². The molecular weight excluding hydrogens is 368 g/mol. The van der Waals surface area contributed by atoms with Crippen LogP contribution in [0.2, 0.25) is 0 Å². The van der Waals surface area contributed by atoms with Gasteiger partial charge in [-0.25, -0.2) is 5.43 Å². The number of fused-ring (bicyclic) bond motifs is 1. The number of benzene rings is 1. The zero-order chi connectivity index (χ0) is 20.2. The van der Waals surface area contributed by atoms with Gasteiger partial charge in [-0.15, -0.1) is 0 Å². The summed E-state index contributed by atoms with van der Waals surface area (Å²) in [6.45, 7) is 2.01. The van der Waals surface area contributed by atoms with Gasteiger partial charge in [-0.05, 0) is 48.6 Å². The van der Waals surface area contributed by atoms with E-state index in [1.54, 1.807) is 0 Å². The van der Waals surface area contributed by atoms with E-state index in [0.717, 1.165) is 25.7 Å². The maximum absolute atomic E-state index is 12.5. The van der Waals surface area contributed by atoms with Crippen LogP contribution in [0.25, 0.3) is 0 Å². The fourth-order valence-corrected chi connectivity index (χ4v) is 4.56. The van der Waals surface area contributed by atoms with Gasteiger partial charge in [0.25, 0.3) is 5.91 Å². The third-order valence-corrected chi connectivity index (χ3v) is 6.33. The van der Waals surface area contributed by atoms with E-state index in [0.29, 0.717) is 56.4 Å².